The standard InChI is InChI=1S/C15H12FNO2/c16-15-6-3-12(7-13(15)8-17)10-19-14-4-1-11(9-18)2-5-14/h1-7,18H,9-10H2. The highest BCUT2D eigenvalue weighted by atomic mass is 19.1. The smallest absolute Gasteiger partial charge is 0.140 e. The molecule has 1 N–H and O–H groups in total. The largest absolute Gasteiger partial charge is 0.489 e. The number of nitriles is 1. The molecular formula is C15H12FNO2. The van der Waals surface area contributed by atoms with Crippen LogP contribution in [-0.4, -0.2) is 5.11 Å². The predicted molar refractivity (Wildman–Crippen MR) is 67.8 cm³/mol. The Morgan fingerprint density at radius 2 is 1.79 bits per heavy atom. The number of benzene rings is 2. The SMILES string of the molecule is N#Cc1cc(COc2ccc(CO)cc2)ccc1F. The van der Waals surface area contributed by atoms with Crippen LogP contribution in [0.2, 0.25) is 0 Å². The first-order chi connectivity index (χ1) is 9.22. The summed E-state index contributed by atoms with van der Waals surface area (Å²) in [5, 5.41) is 17.6. The minimum absolute atomic E-state index is 0.0101. The number of aliphatic hydroxyl groups is 1. The first-order valence-corrected chi connectivity index (χ1v) is 5.74. The van der Waals surface area contributed by atoms with Crippen LogP contribution in [-0.2, 0) is 13.2 Å². The van der Waals surface area contributed by atoms with Crippen molar-refractivity contribution in [2.24, 2.45) is 0 Å². The van der Waals surface area contributed by atoms with Gasteiger partial charge in [0, 0.05) is 0 Å². The van der Waals surface area contributed by atoms with Crippen LogP contribution in [0.25, 0.3) is 0 Å². The maximum absolute atomic E-state index is 13.1. The van der Waals surface area contributed by atoms with E-state index in [2.05, 4.69) is 0 Å². The minimum atomic E-state index is -0.529. The van der Waals surface area contributed by atoms with Crippen molar-refractivity contribution in [1.29, 1.82) is 5.26 Å². The lowest BCUT2D eigenvalue weighted by Crippen LogP contribution is -1.97. The van der Waals surface area contributed by atoms with Crippen molar-refractivity contribution in [3.05, 3.63) is 65.0 Å². The molecule has 0 saturated heterocycles. The van der Waals surface area contributed by atoms with Gasteiger partial charge in [0.05, 0.1) is 12.2 Å². The van der Waals surface area contributed by atoms with Crippen molar-refractivity contribution < 1.29 is 14.2 Å². The third-order valence-corrected chi connectivity index (χ3v) is 2.66. The molecule has 19 heavy (non-hydrogen) atoms. The quantitative estimate of drug-likeness (QED) is 0.916. The van der Waals surface area contributed by atoms with E-state index in [1.807, 2.05) is 0 Å². The van der Waals surface area contributed by atoms with Gasteiger partial charge in [-0.15, -0.1) is 0 Å². The van der Waals surface area contributed by atoms with Crippen LogP contribution < -0.4 is 4.74 Å². The number of hydrogen-bond acceptors (Lipinski definition) is 3. The van der Waals surface area contributed by atoms with Crippen molar-refractivity contribution in [2.75, 3.05) is 0 Å². The Morgan fingerprint density at radius 3 is 2.42 bits per heavy atom. The number of rotatable bonds is 4. The molecule has 0 fully saturated rings. The summed E-state index contributed by atoms with van der Waals surface area (Å²) in [5.41, 5.74) is 1.54. The molecule has 2 rings (SSSR count). The monoisotopic (exact) mass is 257 g/mol. The molecule has 2 aromatic carbocycles. The molecule has 0 aliphatic heterocycles. The first kappa shape index (κ1) is 13.1. The Bertz CT molecular complexity index is 603. The van der Waals surface area contributed by atoms with Crippen LogP contribution in [0.15, 0.2) is 42.5 Å². The zero-order valence-corrected chi connectivity index (χ0v) is 10.1. The normalized spacial score (nSPS) is 9.95. The van der Waals surface area contributed by atoms with Crippen LogP contribution in [0.5, 0.6) is 5.75 Å². The van der Waals surface area contributed by atoms with Crippen LogP contribution in [0.1, 0.15) is 16.7 Å². The summed E-state index contributed by atoms with van der Waals surface area (Å²) in [7, 11) is 0. The zero-order valence-electron chi connectivity index (χ0n) is 10.1. The number of nitrogens with zero attached hydrogens (tertiary/aromatic N) is 1. The van der Waals surface area contributed by atoms with Crippen LogP contribution in [0, 0.1) is 17.1 Å². The van der Waals surface area contributed by atoms with E-state index in [0.717, 1.165) is 11.1 Å². The van der Waals surface area contributed by atoms with Gasteiger partial charge in [0.25, 0.3) is 0 Å². The van der Waals surface area contributed by atoms with Gasteiger partial charge in [-0.05, 0) is 35.4 Å². The second kappa shape index (κ2) is 5.98. The van der Waals surface area contributed by atoms with Gasteiger partial charge in [0.1, 0.15) is 24.2 Å². The highest BCUT2D eigenvalue weighted by Crippen LogP contribution is 2.15. The van der Waals surface area contributed by atoms with E-state index in [9.17, 15) is 4.39 Å². The third-order valence-electron chi connectivity index (χ3n) is 2.66. The first-order valence-electron chi connectivity index (χ1n) is 5.74. The van der Waals surface area contributed by atoms with Crippen LogP contribution in [0.4, 0.5) is 4.39 Å². The molecule has 0 radical (unpaired) electrons. The van der Waals surface area contributed by atoms with Gasteiger partial charge >= 0.3 is 0 Å². The molecule has 0 aliphatic rings. The second-order valence-corrected chi connectivity index (χ2v) is 4.02. The summed E-state index contributed by atoms with van der Waals surface area (Å²) >= 11 is 0. The van der Waals surface area contributed by atoms with Crippen molar-refractivity contribution in [3.63, 3.8) is 0 Å². The molecule has 0 aliphatic carbocycles. The number of aliphatic hydroxyl groups excluding tert-OH is 1. The zero-order chi connectivity index (χ0) is 13.7. The highest BCUT2D eigenvalue weighted by Gasteiger charge is 2.03. The summed E-state index contributed by atoms with van der Waals surface area (Å²) in [4.78, 5) is 0. The summed E-state index contributed by atoms with van der Waals surface area (Å²) in [6, 6.07) is 13.1. The Labute approximate surface area is 110 Å². The van der Waals surface area contributed by atoms with E-state index >= 15 is 0 Å². The average Bonchev–Trinajstić information content (AvgIpc) is 2.47. The second-order valence-electron chi connectivity index (χ2n) is 4.02. The fourth-order valence-electron chi connectivity index (χ4n) is 1.61. The lowest BCUT2D eigenvalue weighted by atomic mass is 10.1. The molecule has 0 saturated carbocycles. The van der Waals surface area contributed by atoms with Gasteiger partial charge in [-0.3, -0.25) is 0 Å². The Balaban J connectivity index is 2.04. The summed E-state index contributed by atoms with van der Waals surface area (Å²) in [6.45, 7) is 0.247. The van der Waals surface area contributed by atoms with Crippen molar-refractivity contribution >= 4 is 0 Å². The Hall–Kier alpha value is -2.38. The Kier molecular flexibility index (Phi) is 4.11. The maximum atomic E-state index is 13.1. The van der Waals surface area contributed by atoms with E-state index < -0.39 is 5.82 Å². The van der Waals surface area contributed by atoms with Gasteiger partial charge in [-0.25, -0.2) is 4.39 Å². The van der Waals surface area contributed by atoms with Gasteiger partial charge in [-0.1, -0.05) is 18.2 Å². The summed E-state index contributed by atoms with van der Waals surface area (Å²) in [6.07, 6.45) is 0. The van der Waals surface area contributed by atoms with Crippen LogP contribution >= 0.6 is 0 Å². The molecule has 0 aromatic heterocycles. The number of hydrogen-bond donors (Lipinski definition) is 1. The van der Waals surface area contributed by atoms with E-state index in [1.54, 1.807) is 36.4 Å². The molecule has 0 bridgehead atoms. The van der Waals surface area contributed by atoms with Crippen molar-refractivity contribution in [1.82, 2.24) is 0 Å². The lowest BCUT2D eigenvalue weighted by molar-refractivity contribution is 0.280. The van der Waals surface area contributed by atoms with Gasteiger partial charge in [0.15, 0.2) is 0 Å². The van der Waals surface area contributed by atoms with E-state index in [0.29, 0.717) is 5.75 Å². The van der Waals surface area contributed by atoms with E-state index in [-0.39, 0.29) is 18.8 Å². The molecule has 4 heteroatoms. The number of halogens is 1. The topological polar surface area (TPSA) is 53.2 Å². The molecule has 0 heterocycles. The molecule has 96 valence electrons. The predicted octanol–water partition coefficient (Wildman–Crippen LogP) is 2.77. The molecule has 2 aromatic rings. The Morgan fingerprint density at radius 1 is 1.11 bits per heavy atom. The maximum Gasteiger partial charge on any atom is 0.140 e. The molecule has 3 nitrogen and oxygen atoms in total. The third kappa shape index (κ3) is 3.30. The van der Waals surface area contributed by atoms with Crippen LogP contribution in [0.3, 0.4) is 0 Å². The fourth-order valence-corrected chi connectivity index (χ4v) is 1.61. The van der Waals surface area contributed by atoms with E-state index in [1.165, 1.54) is 12.1 Å². The molecule has 0 spiro atoms. The van der Waals surface area contributed by atoms with Gasteiger partial charge in [-0.2, -0.15) is 5.26 Å². The van der Waals surface area contributed by atoms with Crippen molar-refractivity contribution in [2.45, 2.75) is 13.2 Å². The van der Waals surface area contributed by atoms with Gasteiger partial charge in [0.2, 0.25) is 0 Å². The fraction of sp³-hybridized carbons (Fsp3) is 0.133. The summed E-state index contributed by atoms with van der Waals surface area (Å²) < 4.78 is 18.6. The lowest BCUT2D eigenvalue weighted by Gasteiger charge is -2.07. The number of ether oxygens (including phenoxy) is 1. The minimum Gasteiger partial charge on any atom is -0.489 e. The summed E-state index contributed by atoms with van der Waals surface area (Å²) in [5.74, 6) is 0.124. The van der Waals surface area contributed by atoms with E-state index in [4.69, 9.17) is 15.1 Å². The molecule has 0 unspecified atom stereocenters. The average molecular weight is 257 g/mol. The van der Waals surface area contributed by atoms with Crippen molar-refractivity contribution in [3.8, 4) is 11.8 Å². The highest BCUT2D eigenvalue weighted by molar-refractivity contribution is 5.34. The molecular weight excluding hydrogens is 245 g/mol. The van der Waals surface area contributed by atoms with Gasteiger partial charge < -0.3 is 9.84 Å². The molecule has 0 atom stereocenters. The molecule has 0 amide bonds.